The van der Waals surface area contributed by atoms with Crippen molar-refractivity contribution in [1.82, 2.24) is 39.6 Å². The van der Waals surface area contributed by atoms with Crippen LogP contribution in [-0.2, 0) is 29.4 Å². The number of anilines is 1. The van der Waals surface area contributed by atoms with Crippen molar-refractivity contribution in [3.8, 4) is 5.75 Å². The number of amides is 7. The zero-order valence-corrected chi connectivity index (χ0v) is 25.2. The first kappa shape index (κ1) is 33.1. The molecule has 1 unspecified atom stereocenters. The van der Waals surface area contributed by atoms with Crippen LogP contribution in [0.25, 0.3) is 0 Å². The van der Waals surface area contributed by atoms with Crippen LogP contribution in [0.5, 0.6) is 5.75 Å². The number of nitrogen functional groups attached to an aromatic ring is 1. The first-order valence-electron chi connectivity index (χ1n) is 12.6. The number of β-lactam (4-membered cyclic amide) rings is 1. The number of likely N-dealkylation sites (tertiary alicyclic amines) is 1. The van der Waals surface area contributed by atoms with Crippen LogP contribution in [0, 0.1) is 0 Å². The molecule has 0 radical (unpaired) electrons. The molecule has 24 heteroatoms. The highest BCUT2D eigenvalue weighted by atomic mass is 32.2. The van der Waals surface area contributed by atoms with E-state index in [9.17, 15) is 52.2 Å². The van der Waals surface area contributed by atoms with Crippen LogP contribution >= 0.6 is 11.3 Å². The van der Waals surface area contributed by atoms with Gasteiger partial charge in [-0.1, -0.05) is 5.16 Å². The van der Waals surface area contributed by atoms with E-state index >= 15 is 0 Å². The molecule has 0 aromatic carbocycles. The van der Waals surface area contributed by atoms with E-state index in [0.29, 0.717) is 9.91 Å². The number of carbonyl (C=O) groups is 6. The molecule has 2 aliphatic rings. The lowest BCUT2D eigenvalue weighted by Crippen LogP contribution is -2.68. The van der Waals surface area contributed by atoms with Crippen LogP contribution in [0.3, 0.4) is 0 Å². The maximum atomic E-state index is 12.9. The van der Waals surface area contributed by atoms with E-state index in [2.05, 4.69) is 25.9 Å². The minimum atomic E-state index is -4.90. The number of pyridine rings is 1. The lowest BCUT2D eigenvalue weighted by atomic mass is 10.1. The van der Waals surface area contributed by atoms with E-state index in [0.717, 1.165) is 37.4 Å². The number of aliphatic carboxylic acids is 1. The fraction of sp³-hybridized carbons (Fsp3) is 0.318. The van der Waals surface area contributed by atoms with E-state index in [-0.39, 0.29) is 27.4 Å². The Kier molecular flexibility index (Phi) is 8.86. The van der Waals surface area contributed by atoms with Crippen molar-refractivity contribution in [3.63, 3.8) is 0 Å². The van der Waals surface area contributed by atoms with Gasteiger partial charge in [0.1, 0.15) is 17.4 Å². The first-order chi connectivity index (χ1) is 21.4. The molecule has 0 bridgehead atoms. The number of carboxylic acids is 1. The third-order valence-electron chi connectivity index (χ3n) is 6.19. The third-order valence-corrected chi connectivity index (χ3v) is 8.22. The van der Waals surface area contributed by atoms with Crippen molar-refractivity contribution in [1.29, 1.82) is 0 Å². The maximum absolute atomic E-state index is 12.9. The highest BCUT2D eigenvalue weighted by Gasteiger charge is 2.46. The van der Waals surface area contributed by atoms with Crippen molar-refractivity contribution in [2.45, 2.75) is 25.5 Å². The number of oxime groups is 1. The number of nitrogens with one attached hydrogen (secondary N) is 4. The van der Waals surface area contributed by atoms with E-state index in [1.165, 1.54) is 5.38 Å². The Hall–Kier alpha value is -5.78. The van der Waals surface area contributed by atoms with Gasteiger partial charge in [-0.3, -0.25) is 29.5 Å². The number of carboxylic acid groups (broad SMARTS) is 1. The molecular weight excluding hydrogens is 660 g/mol. The highest BCUT2D eigenvalue weighted by Crippen LogP contribution is 2.18. The van der Waals surface area contributed by atoms with Crippen LogP contribution in [-0.4, -0.2) is 116 Å². The lowest BCUT2D eigenvalue weighted by Gasteiger charge is -2.36. The molecule has 2 aromatic rings. The average Bonchev–Trinajstić information content (AvgIpc) is 3.56. The number of rotatable bonds is 10. The second kappa shape index (κ2) is 12.3. The molecule has 8 N–H and O–H groups in total. The maximum Gasteiger partial charge on any atom is 0.353 e. The summed E-state index contributed by atoms with van der Waals surface area (Å²) in [5.74, 6) is -5.19. The molecule has 4 rings (SSSR count). The number of carbonyl (C=O) groups excluding carboxylic acids is 5. The Morgan fingerprint density at radius 1 is 1.22 bits per heavy atom. The van der Waals surface area contributed by atoms with Gasteiger partial charge in [-0.05, 0) is 13.8 Å². The summed E-state index contributed by atoms with van der Waals surface area (Å²) in [6, 6.07) is -3.34. The zero-order chi connectivity index (χ0) is 34.1. The van der Waals surface area contributed by atoms with Crippen LogP contribution in [0.15, 0.2) is 27.6 Å². The molecule has 246 valence electrons. The SMILES string of the molecule is CC(C)(ON=C(C(=O)NC1CN(C(=O)NS(=O)(=O)N2CCN(NC(=O)c3cc(=O)c(O)c[nH]3)C2=O)C1=O)c1csc(N)n1)C(=O)O. The summed E-state index contributed by atoms with van der Waals surface area (Å²) in [5.41, 5.74) is 3.93. The standard InChI is InChI=1S/C22H24N10O12S2/c1-22(2,18(38)39)44-28-14(11-8-45-19(23)26-11)16(36)25-10-7-30(17(10)37)20(40)29-46(42,43)32-4-3-31(21(32)41)27-15(35)9-5-12(33)13(34)6-24-9/h5-6,8,10,34H,3-4,7H2,1-2H3,(H2,23,26)(H,24,33)(H,25,36)(H,27,35)(H,29,40)(H,38,39). The van der Waals surface area contributed by atoms with Gasteiger partial charge in [0.15, 0.2) is 16.6 Å². The number of imide groups is 1. The number of aromatic amines is 1. The number of thiazole rings is 1. The van der Waals surface area contributed by atoms with Crippen molar-refractivity contribution in [2.75, 3.05) is 25.4 Å². The van der Waals surface area contributed by atoms with E-state index in [4.69, 9.17) is 10.6 Å². The van der Waals surface area contributed by atoms with Crippen molar-refractivity contribution >= 4 is 68.1 Å². The number of aromatic nitrogens is 2. The number of aromatic hydroxyl groups is 1. The number of nitrogens with two attached hydrogens (primary N) is 1. The number of hydrazine groups is 1. The summed E-state index contributed by atoms with van der Waals surface area (Å²) in [4.78, 5) is 97.6. The number of hydrogen-bond donors (Lipinski definition) is 7. The smallest absolute Gasteiger partial charge is 0.353 e. The molecule has 2 fully saturated rings. The van der Waals surface area contributed by atoms with Gasteiger partial charge >= 0.3 is 28.2 Å². The van der Waals surface area contributed by atoms with Crippen molar-refractivity contribution < 1.29 is 52.2 Å². The number of H-pyrrole nitrogens is 1. The topological polar surface area (TPSA) is 316 Å². The Morgan fingerprint density at radius 2 is 1.91 bits per heavy atom. The van der Waals surface area contributed by atoms with Crippen LogP contribution in [0.1, 0.15) is 30.0 Å². The van der Waals surface area contributed by atoms with Gasteiger partial charge in [-0.2, -0.15) is 8.42 Å². The van der Waals surface area contributed by atoms with Gasteiger partial charge in [0.2, 0.25) is 11.0 Å². The summed E-state index contributed by atoms with van der Waals surface area (Å²) in [6.07, 6.45) is 0.837. The van der Waals surface area contributed by atoms with Crippen LogP contribution < -0.4 is 26.6 Å². The Labute approximate surface area is 260 Å². The predicted octanol–water partition coefficient (Wildman–Crippen LogP) is -2.93. The molecule has 1 atom stereocenters. The molecular formula is C22H24N10O12S2. The van der Waals surface area contributed by atoms with Crippen LogP contribution in [0.4, 0.5) is 14.7 Å². The van der Waals surface area contributed by atoms with E-state index < -0.39 is 87.6 Å². The Balaban J connectivity index is 1.35. The second-order valence-electron chi connectivity index (χ2n) is 9.85. The fourth-order valence-corrected chi connectivity index (χ4v) is 5.20. The molecule has 2 saturated heterocycles. The quantitative estimate of drug-likeness (QED) is 0.0749. The Morgan fingerprint density at radius 3 is 2.50 bits per heavy atom. The minimum absolute atomic E-state index is 0.0347. The Bertz CT molecular complexity index is 1840. The van der Waals surface area contributed by atoms with Gasteiger partial charge in [0.05, 0.1) is 19.6 Å². The molecule has 2 aromatic heterocycles. The number of urea groups is 2. The predicted molar refractivity (Wildman–Crippen MR) is 152 cm³/mol. The third kappa shape index (κ3) is 6.80. The van der Waals surface area contributed by atoms with Gasteiger partial charge in [-0.15, -0.1) is 11.3 Å². The van der Waals surface area contributed by atoms with Crippen LogP contribution in [0.2, 0.25) is 0 Å². The first-order valence-corrected chi connectivity index (χ1v) is 14.9. The molecule has 7 amide bonds. The molecule has 46 heavy (non-hydrogen) atoms. The molecule has 22 nitrogen and oxygen atoms in total. The van der Waals surface area contributed by atoms with Gasteiger partial charge in [0, 0.05) is 17.6 Å². The molecule has 0 spiro atoms. The summed E-state index contributed by atoms with van der Waals surface area (Å²) in [7, 11) is -4.90. The summed E-state index contributed by atoms with van der Waals surface area (Å²) in [6.45, 7) is 0.924. The summed E-state index contributed by atoms with van der Waals surface area (Å²) >= 11 is 0.928. The largest absolute Gasteiger partial charge is 0.503 e. The lowest BCUT2D eigenvalue weighted by molar-refractivity contribution is -0.161. The van der Waals surface area contributed by atoms with Gasteiger partial charge in [0.25, 0.3) is 17.7 Å². The molecule has 0 aliphatic carbocycles. The monoisotopic (exact) mass is 684 g/mol. The second-order valence-corrected chi connectivity index (χ2v) is 12.3. The van der Waals surface area contributed by atoms with Gasteiger partial charge < -0.3 is 31.1 Å². The summed E-state index contributed by atoms with van der Waals surface area (Å²) in [5, 5.41) is 26.3. The normalized spacial score (nSPS) is 17.0. The average molecular weight is 685 g/mol. The van der Waals surface area contributed by atoms with Crippen molar-refractivity contribution in [2.24, 2.45) is 5.16 Å². The minimum Gasteiger partial charge on any atom is -0.503 e. The van der Waals surface area contributed by atoms with E-state index in [1.54, 1.807) is 4.72 Å². The van der Waals surface area contributed by atoms with E-state index in [1.807, 2.05) is 0 Å². The number of nitrogens with zero attached hydrogens (tertiary/aromatic N) is 5. The zero-order valence-electron chi connectivity index (χ0n) is 23.5. The van der Waals surface area contributed by atoms with Crippen molar-refractivity contribution in [3.05, 3.63) is 39.3 Å². The molecule has 4 heterocycles. The molecule has 2 aliphatic heterocycles. The molecule has 0 saturated carbocycles. The van der Waals surface area contributed by atoms with Gasteiger partial charge in [-0.25, -0.2) is 33.4 Å². The fourth-order valence-electron chi connectivity index (χ4n) is 3.58. The summed E-state index contributed by atoms with van der Waals surface area (Å²) < 4.78 is 27.3. The number of hydrogen-bond acceptors (Lipinski definition) is 15. The highest BCUT2D eigenvalue weighted by molar-refractivity contribution is 7.88.